The van der Waals surface area contributed by atoms with E-state index < -0.39 is 21.7 Å². The maximum atomic E-state index is 13.5. The fraction of sp³-hybridized carbons (Fsp3) is 0.440. The maximum absolute atomic E-state index is 13.5. The van der Waals surface area contributed by atoms with E-state index in [1.165, 1.54) is 14.2 Å². The van der Waals surface area contributed by atoms with Crippen LogP contribution in [0.5, 0.6) is 0 Å². The molecule has 0 aliphatic heterocycles. The minimum absolute atomic E-state index is 0.276. The van der Waals surface area contributed by atoms with Crippen LogP contribution < -0.4 is 0 Å². The molecule has 5 fully saturated rings. The Labute approximate surface area is 170 Å². The average Bonchev–Trinajstić information content (AvgIpc) is 3.27. The maximum Gasteiger partial charge on any atom is 0.314 e. The lowest BCUT2D eigenvalue weighted by molar-refractivity contribution is -0.172. The normalized spacial score (nSPS) is 46.9. The Hall–Kier alpha value is -2.62. The molecule has 5 saturated carbocycles. The molecule has 2 aromatic carbocycles. The highest BCUT2D eigenvalue weighted by Gasteiger charge is 3.29. The third-order valence-corrected chi connectivity index (χ3v) is 9.54. The first kappa shape index (κ1) is 17.3. The molecule has 6 atom stereocenters. The van der Waals surface area contributed by atoms with Crippen LogP contribution in [0.3, 0.4) is 0 Å². The van der Waals surface area contributed by atoms with Crippen LogP contribution in [0.1, 0.15) is 31.4 Å². The van der Waals surface area contributed by atoms with Gasteiger partial charge in [-0.25, -0.2) is 0 Å². The van der Waals surface area contributed by atoms with Gasteiger partial charge in [-0.05, 0) is 28.4 Å². The Kier molecular flexibility index (Phi) is 2.63. The molecule has 0 amide bonds. The van der Waals surface area contributed by atoms with E-state index in [-0.39, 0.29) is 22.8 Å². The van der Waals surface area contributed by atoms with Gasteiger partial charge in [-0.3, -0.25) is 9.59 Å². The Morgan fingerprint density at radius 1 is 0.690 bits per heavy atom. The Bertz CT molecular complexity index is 1010. The average molecular weight is 388 g/mol. The van der Waals surface area contributed by atoms with Crippen molar-refractivity contribution in [2.75, 3.05) is 14.2 Å². The van der Waals surface area contributed by atoms with Crippen LogP contribution in [-0.2, 0) is 29.9 Å². The fourth-order valence-electron chi connectivity index (χ4n) is 9.77. The molecule has 29 heavy (non-hydrogen) atoms. The fourth-order valence-corrected chi connectivity index (χ4v) is 9.77. The van der Waals surface area contributed by atoms with Gasteiger partial charge in [-0.2, -0.15) is 0 Å². The molecular formula is C25H24O4. The van der Waals surface area contributed by atoms with Crippen LogP contribution in [0.25, 0.3) is 0 Å². The number of rotatable bonds is 4. The van der Waals surface area contributed by atoms with E-state index in [1.54, 1.807) is 0 Å². The number of hydrogen-bond acceptors (Lipinski definition) is 4. The monoisotopic (exact) mass is 388 g/mol. The van der Waals surface area contributed by atoms with Gasteiger partial charge in [-0.1, -0.05) is 74.5 Å². The summed E-state index contributed by atoms with van der Waals surface area (Å²) in [6.45, 7) is 4.36. The van der Waals surface area contributed by atoms with E-state index in [9.17, 15) is 9.59 Å². The smallest absolute Gasteiger partial charge is 0.314 e. The van der Waals surface area contributed by atoms with Crippen molar-refractivity contribution < 1.29 is 19.1 Å². The lowest BCUT2D eigenvalue weighted by Gasteiger charge is -2.47. The van der Waals surface area contributed by atoms with Crippen LogP contribution in [0, 0.1) is 21.7 Å². The molecule has 0 saturated heterocycles. The zero-order chi connectivity index (χ0) is 20.5. The molecule has 0 aromatic heterocycles. The SMILES string of the molecule is COC(=O)C12C3(C)CC4(C)C1(C(=O)OC)C4(c1ccccc1)C32c1ccccc1. The molecule has 0 radical (unpaired) electrons. The number of carbonyl (C=O) groups is 2. The second kappa shape index (κ2) is 4.43. The van der Waals surface area contributed by atoms with Crippen LogP contribution in [0.4, 0.5) is 0 Å². The first-order valence-corrected chi connectivity index (χ1v) is 10.2. The van der Waals surface area contributed by atoms with Gasteiger partial charge in [0, 0.05) is 10.8 Å². The van der Waals surface area contributed by atoms with Gasteiger partial charge in [0.1, 0.15) is 10.8 Å². The van der Waals surface area contributed by atoms with E-state index in [4.69, 9.17) is 9.47 Å². The summed E-state index contributed by atoms with van der Waals surface area (Å²) in [5, 5.41) is 0. The third kappa shape index (κ3) is 1.04. The zero-order valence-corrected chi connectivity index (χ0v) is 17.1. The molecule has 5 aliphatic carbocycles. The van der Waals surface area contributed by atoms with Crippen molar-refractivity contribution in [2.24, 2.45) is 21.7 Å². The number of carbonyl (C=O) groups excluding carboxylic acids is 2. The van der Waals surface area contributed by atoms with Gasteiger partial charge >= 0.3 is 11.9 Å². The lowest BCUT2D eigenvalue weighted by atomic mass is 9.52. The zero-order valence-electron chi connectivity index (χ0n) is 17.1. The summed E-state index contributed by atoms with van der Waals surface area (Å²) < 4.78 is 10.8. The molecular weight excluding hydrogens is 364 g/mol. The third-order valence-electron chi connectivity index (χ3n) is 9.54. The van der Waals surface area contributed by atoms with E-state index in [2.05, 4.69) is 38.1 Å². The molecule has 2 bridgehead atoms. The minimum Gasteiger partial charge on any atom is -0.469 e. The predicted molar refractivity (Wildman–Crippen MR) is 106 cm³/mol. The molecule has 0 heterocycles. The van der Waals surface area contributed by atoms with Gasteiger partial charge in [0.05, 0.1) is 14.2 Å². The van der Waals surface area contributed by atoms with Gasteiger partial charge < -0.3 is 9.47 Å². The summed E-state index contributed by atoms with van der Waals surface area (Å²) in [6.07, 6.45) is 0.800. The number of esters is 2. The van der Waals surface area contributed by atoms with Gasteiger partial charge in [0.15, 0.2) is 0 Å². The second-order valence-electron chi connectivity index (χ2n) is 9.56. The highest BCUT2D eigenvalue weighted by Crippen LogP contribution is 3.22. The van der Waals surface area contributed by atoms with Crippen LogP contribution in [-0.4, -0.2) is 26.2 Å². The van der Waals surface area contributed by atoms with E-state index in [0.717, 1.165) is 17.5 Å². The summed E-state index contributed by atoms with van der Waals surface area (Å²) in [4.78, 5) is 27.1. The molecule has 2 aromatic rings. The Morgan fingerprint density at radius 2 is 1.03 bits per heavy atom. The second-order valence-corrected chi connectivity index (χ2v) is 9.56. The van der Waals surface area contributed by atoms with Crippen LogP contribution in [0.15, 0.2) is 60.7 Å². The van der Waals surface area contributed by atoms with E-state index >= 15 is 0 Å². The van der Waals surface area contributed by atoms with Crippen molar-refractivity contribution >= 4 is 11.9 Å². The summed E-state index contributed by atoms with van der Waals surface area (Å²) in [5.74, 6) is -0.552. The number of benzene rings is 2. The minimum atomic E-state index is -0.888. The topological polar surface area (TPSA) is 52.6 Å². The lowest BCUT2D eigenvalue weighted by Crippen LogP contribution is -2.58. The highest BCUT2D eigenvalue weighted by atomic mass is 16.5. The largest absolute Gasteiger partial charge is 0.469 e. The molecule has 4 nitrogen and oxygen atoms in total. The van der Waals surface area contributed by atoms with Crippen molar-refractivity contribution in [3.05, 3.63) is 71.8 Å². The van der Waals surface area contributed by atoms with Gasteiger partial charge in [0.2, 0.25) is 0 Å². The molecule has 0 spiro atoms. The number of methoxy groups -OCH3 is 2. The standard InChI is InChI=1S/C25H24O4/c1-20-15-21(2)23(17-13-9-6-10-14-17)22(20,16-11-7-5-8-12-16)24(20,18(26)28-3)25(21,23)19(27)29-4/h5-14H,15H2,1-4H3. The summed E-state index contributed by atoms with van der Waals surface area (Å²) in [6, 6.07) is 20.5. The first-order valence-electron chi connectivity index (χ1n) is 10.2. The quantitative estimate of drug-likeness (QED) is 0.751. The summed E-state index contributed by atoms with van der Waals surface area (Å²) in [5.41, 5.74) is -1.17. The molecule has 4 heteroatoms. The summed E-state index contributed by atoms with van der Waals surface area (Å²) >= 11 is 0. The van der Waals surface area contributed by atoms with Crippen molar-refractivity contribution in [2.45, 2.75) is 31.1 Å². The molecule has 5 aliphatic rings. The van der Waals surface area contributed by atoms with E-state index in [0.29, 0.717) is 0 Å². The summed E-state index contributed by atoms with van der Waals surface area (Å²) in [7, 11) is 2.87. The van der Waals surface area contributed by atoms with Gasteiger partial charge in [0.25, 0.3) is 0 Å². The predicted octanol–water partition coefficient (Wildman–Crippen LogP) is 3.64. The molecule has 148 valence electrons. The Balaban J connectivity index is 1.76. The molecule has 7 rings (SSSR count). The number of ether oxygens (including phenoxy) is 2. The molecule has 6 unspecified atom stereocenters. The first-order chi connectivity index (χ1) is 13.9. The van der Waals surface area contributed by atoms with Crippen molar-refractivity contribution in [1.29, 1.82) is 0 Å². The van der Waals surface area contributed by atoms with Crippen LogP contribution in [0.2, 0.25) is 0 Å². The van der Waals surface area contributed by atoms with Crippen molar-refractivity contribution in [3.63, 3.8) is 0 Å². The highest BCUT2D eigenvalue weighted by molar-refractivity contribution is 6.12. The van der Waals surface area contributed by atoms with E-state index in [1.807, 2.05) is 36.4 Å². The van der Waals surface area contributed by atoms with Gasteiger partial charge in [-0.15, -0.1) is 0 Å². The Morgan fingerprint density at radius 3 is 1.34 bits per heavy atom. The van der Waals surface area contributed by atoms with Crippen molar-refractivity contribution in [3.8, 4) is 0 Å². The van der Waals surface area contributed by atoms with Crippen molar-refractivity contribution in [1.82, 2.24) is 0 Å². The number of hydrogen-bond donors (Lipinski definition) is 0. The molecule has 0 N–H and O–H groups in total. The van der Waals surface area contributed by atoms with Crippen LogP contribution >= 0.6 is 0 Å².